The molecule has 0 aliphatic carbocycles. The average Bonchev–Trinajstić information content (AvgIpc) is 2.39. The third-order valence-corrected chi connectivity index (χ3v) is 3.82. The van der Waals surface area contributed by atoms with E-state index in [1.54, 1.807) is 0 Å². The molecule has 1 aromatic rings. The van der Waals surface area contributed by atoms with E-state index < -0.39 is 0 Å². The van der Waals surface area contributed by atoms with Crippen LogP contribution in [0.15, 0.2) is 24.3 Å². The van der Waals surface area contributed by atoms with E-state index in [1.807, 2.05) is 36.1 Å². The van der Waals surface area contributed by atoms with Gasteiger partial charge in [-0.3, -0.25) is 4.79 Å². The number of hydrogen-bond donors (Lipinski definition) is 0. The Kier molecular flexibility index (Phi) is 4.59. The van der Waals surface area contributed by atoms with Crippen molar-refractivity contribution in [1.82, 2.24) is 9.80 Å². The van der Waals surface area contributed by atoms with E-state index in [0.717, 1.165) is 44.0 Å². The molecule has 1 fully saturated rings. The fourth-order valence-electron chi connectivity index (χ4n) is 2.71. The van der Waals surface area contributed by atoms with Crippen LogP contribution in [0.5, 0.6) is 0 Å². The maximum atomic E-state index is 12.4. The van der Waals surface area contributed by atoms with Gasteiger partial charge in [0.15, 0.2) is 0 Å². The zero-order valence-corrected chi connectivity index (χ0v) is 12.2. The van der Waals surface area contributed by atoms with E-state index >= 15 is 0 Å². The molecular formula is C16H24N2O. The highest BCUT2D eigenvalue weighted by molar-refractivity contribution is 5.94. The Morgan fingerprint density at radius 1 is 1.21 bits per heavy atom. The third-order valence-electron chi connectivity index (χ3n) is 3.82. The molecule has 1 heterocycles. The summed E-state index contributed by atoms with van der Waals surface area (Å²) in [4.78, 5) is 16.6. The SMILES string of the molecule is Cc1ccc(C(=O)N2CCC(CN(C)C)CC2)cc1. The van der Waals surface area contributed by atoms with Crippen LogP contribution in [0.4, 0.5) is 0 Å². The lowest BCUT2D eigenvalue weighted by atomic mass is 9.96. The fraction of sp³-hybridized carbons (Fsp3) is 0.562. The van der Waals surface area contributed by atoms with E-state index in [0.29, 0.717) is 0 Å². The number of amides is 1. The largest absolute Gasteiger partial charge is 0.339 e. The number of carbonyl (C=O) groups excluding carboxylic acids is 1. The topological polar surface area (TPSA) is 23.6 Å². The van der Waals surface area contributed by atoms with Crippen LogP contribution in [-0.4, -0.2) is 49.4 Å². The first kappa shape index (κ1) is 14.1. The van der Waals surface area contributed by atoms with E-state index in [9.17, 15) is 4.79 Å². The van der Waals surface area contributed by atoms with Crippen molar-refractivity contribution in [3.63, 3.8) is 0 Å². The van der Waals surface area contributed by atoms with Gasteiger partial charge in [0.1, 0.15) is 0 Å². The van der Waals surface area contributed by atoms with E-state index in [4.69, 9.17) is 0 Å². The van der Waals surface area contributed by atoms with Crippen LogP contribution in [0.1, 0.15) is 28.8 Å². The Morgan fingerprint density at radius 3 is 2.32 bits per heavy atom. The van der Waals surface area contributed by atoms with Gasteiger partial charge >= 0.3 is 0 Å². The molecule has 3 nitrogen and oxygen atoms in total. The van der Waals surface area contributed by atoms with Crippen LogP contribution in [0.3, 0.4) is 0 Å². The zero-order valence-electron chi connectivity index (χ0n) is 12.2. The van der Waals surface area contributed by atoms with Crippen LogP contribution in [0.25, 0.3) is 0 Å². The molecule has 0 N–H and O–H groups in total. The molecule has 19 heavy (non-hydrogen) atoms. The summed E-state index contributed by atoms with van der Waals surface area (Å²) in [6.45, 7) is 4.96. The minimum absolute atomic E-state index is 0.184. The molecule has 0 unspecified atom stereocenters. The quantitative estimate of drug-likeness (QED) is 0.833. The van der Waals surface area contributed by atoms with Crippen LogP contribution in [-0.2, 0) is 0 Å². The van der Waals surface area contributed by atoms with Crippen molar-refractivity contribution in [2.45, 2.75) is 19.8 Å². The summed E-state index contributed by atoms with van der Waals surface area (Å²) in [5, 5.41) is 0. The van der Waals surface area contributed by atoms with Crippen molar-refractivity contribution >= 4 is 5.91 Å². The number of likely N-dealkylation sites (tertiary alicyclic amines) is 1. The van der Waals surface area contributed by atoms with Crippen molar-refractivity contribution in [2.75, 3.05) is 33.7 Å². The molecule has 1 aromatic carbocycles. The lowest BCUT2D eigenvalue weighted by molar-refractivity contribution is 0.0678. The number of piperidine rings is 1. The number of carbonyl (C=O) groups is 1. The van der Waals surface area contributed by atoms with E-state index in [2.05, 4.69) is 19.0 Å². The molecular weight excluding hydrogens is 236 g/mol. The molecule has 2 rings (SSSR count). The van der Waals surface area contributed by atoms with Gasteiger partial charge in [-0.25, -0.2) is 0 Å². The first-order chi connectivity index (χ1) is 9.06. The monoisotopic (exact) mass is 260 g/mol. The molecule has 1 aliphatic rings. The predicted molar refractivity (Wildman–Crippen MR) is 78.4 cm³/mol. The van der Waals surface area contributed by atoms with Crippen molar-refractivity contribution in [1.29, 1.82) is 0 Å². The molecule has 0 bridgehead atoms. The summed E-state index contributed by atoms with van der Waals surface area (Å²) in [7, 11) is 4.23. The number of aryl methyl sites for hydroxylation is 1. The minimum Gasteiger partial charge on any atom is -0.339 e. The lowest BCUT2D eigenvalue weighted by Gasteiger charge is -2.33. The van der Waals surface area contributed by atoms with E-state index in [-0.39, 0.29) is 5.91 Å². The maximum absolute atomic E-state index is 12.4. The first-order valence-electron chi connectivity index (χ1n) is 7.07. The van der Waals surface area contributed by atoms with Gasteiger partial charge in [-0.15, -0.1) is 0 Å². The highest BCUT2D eigenvalue weighted by Gasteiger charge is 2.23. The summed E-state index contributed by atoms with van der Waals surface area (Å²) in [6, 6.07) is 7.88. The molecule has 0 atom stereocenters. The Hall–Kier alpha value is -1.35. The number of nitrogens with zero attached hydrogens (tertiary/aromatic N) is 2. The lowest BCUT2D eigenvalue weighted by Crippen LogP contribution is -2.40. The third kappa shape index (κ3) is 3.80. The molecule has 3 heteroatoms. The van der Waals surface area contributed by atoms with Gasteiger partial charge in [0.2, 0.25) is 0 Å². The average molecular weight is 260 g/mol. The highest BCUT2D eigenvalue weighted by Crippen LogP contribution is 2.19. The fourth-order valence-corrected chi connectivity index (χ4v) is 2.71. The first-order valence-corrected chi connectivity index (χ1v) is 7.07. The standard InChI is InChI=1S/C16H24N2O/c1-13-4-6-15(7-5-13)16(19)18-10-8-14(9-11-18)12-17(2)3/h4-7,14H,8-12H2,1-3H3. The molecule has 0 aromatic heterocycles. The second-order valence-corrected chi connectivity index (χ2v) is 5.86. The van der Waals surface area contributed by atoms with Gasteiger partial charge in [-0.05, 0) is 51.9 Å². The second kappa shape index (κ2) is 6.20. The number of rotatable bonds is 3. The van der Waals surface area contributed by atoms with Gasteiger partial charge < -0.3 is 9.80 Å². The van der Waals surface area contributed by atoms with Gasteiger partial charge in [-0.1, -0.05) is 17.7 Å². The van der Waals surface area contributed by atoms with Crippen LogP contribution >= 0.6 is 0 Å². The molecule has 1 aliphatic heterocycles. The smallest absolute Gasteiger partial charge is 0.253 e. The van der Waals surface area contributed by atoms with Gasteiger partial charge in [-0.2, -0.15) is 0 Å². The Balaban J connectivity index is 1.90. The molecule has 1 saturated heterocycles. The number of benzene rings is 1. The van der Waals surface area contributed by atoms with Crippen LogP contribution < -0.4 is 0 Å². The van der Waals surface area contributed by atoms with E-state index in [1.165, 1.54) is 5.56 Å². The highest BCUT2D eigenvalue weighted by atomic mass is 16.2. The van der Waals surface area contributed by atoms with Gasteiger partial charge in [0, 0.05) is 25.2 Å². The van der Waals surface area contributed by atoms with Crippen molar-refractivity contribution < 1.29 is 4.79 Å². The summed E-state index contributed by atoms with van der Waals surface area (Å²) >= 11 is 0. The maximum Gasteiger partial charge on any atom is 0.253 e. The Bertz CT molecular complexity index is 417. The van der Waals surface area contributed by atoms with Gasteiger partial charge in [0.05, 0.1) is 0 Å². The Morgan fingerprint density at radius 2 is 1.79 bits per heavy atom. The summed E-state index contributed by atoms with van der Waals surface area (Å²) in [5.41, 5.74) is 2.01. The molecule has 0 radical (unpaired) electrons. The molecule has 104 valence electrons. The van der Waals surface area contributed by atoms with Gasteiger partial charge in [0.25, 0.3) is 5.91 Å². The number of hydrogen-bond acceptors (Lipinski definition) is 2. The van der Waals surface area contributed by atoms with Crippen molar-refractivity contribution in [3.8, 4) is 0 Å². The normalized spacial score (nSPS) is 16.9. The molecule has 0 saturated carbocycles. The predicted octanol–water partition coefficient (Wildman–Crippen LogP) is 2.41. The van der Waals surface area contributed by atoms with Crippen molar-refractivity contribution in [3.05, 3.63) is 35.4 Å². The summed E-state index contributed by atoms with van der Waals surface area (Å²) < 4.78 is 0. The van der Waals surface area contributed by atoms with Crippen LogP contribution in [0.2, 0.25) is 0 Å². The summed E-state index contributed by atoms with van der Waals surface area (Å²) in [6.07, 6.45) is 2.24. The minimum atomic E-state index is 0.184. The van der Waals surface area contributed by atoms with Crippen LogP contribution in [0, 0.1) is 12.8 Å². The molecule has 1 amide bonds. The zero-order chi connectivity index (χ0) is 13.8. The van der Waals surface area contributed by atoms with Crippen molar-refractivity contribution in [2.24, 2.45) is 5.92 Å². The summed E-state index contributed by atoms with van der Waals surface area (Å²) in [5.74, 6) is 0.917. The second-order valence-electron chi connectivity index (χ2n) is 5.86. The molecule has 0 spiro atoms. The Labute approximate surface area is 116 Å².